The van der Waals surface area contributed by atoms with E-state index in [0.29, 0.717) is 17.9 Å². The molecule has 5 nitrogen and oxygen atoms in total. The Labute approximate surface area is 131 Å². The van der Waals surface area contributed by atoms with E-state index in [4.69, 9.17) is 4.74 Å². The van der Waals surface area contributed by atoms with Crippen molar-refractivity contribution in [3.05, 3.63) is 23.8 Å². The maximum absolute atomic E-state index is 12.6. The summed E-state index contributed by atoms with van der Waals surface area (Å²) >= 11 is 0. The molecule has 1 heterocycles. The first-order valence-corrected chi connectivity index (χ1v) is 9.46. The van der Waals surface area contributed by atoms with Gasteiger partial charge >= 0.3 is 0 Å². The van der Waals surface area contributed by atoms with Gasteiger partial charge in [-0.25, -0.2) is 13.1 Å². The minimum atomic E-state index is -3.51. The summed E-state index contributed by atoms with van der Waals surface area (Å²) in [7, 11) is -3.51. The fourth-order valence-corrected chi connectivity index (χ4v) is 4.69. The first kappa shape index (κ1) is 15.8. The van der Waals surface area contributed by atoms with Gasteiger partial charge in [-0.3, -0.25) is 0 Å². The van der Waals surface area contributed by atoms with Gasteiger partial charge in [0.05, 0.1) is 11.5 Å². The lowest BCUT2D eigenvalue weighted by Gasteiger charge is -2.28. The van der Waals surface area contributed by atoms with Gasteiger partial charge in [0.2, 0.25) is 10.0 Å². The Bertz CT molecular complexity index is 629. The van der Waals surface area contributed by atoms with Crippen molar-refractivity contribution in [2.45, 2.75) is 49.5 Å². The highest BCUT2D eigenvalue weighted by Gasteiger charge is 2.26. The third-order valence-electron chi connectivity index (χ3n) is 4.55. The minimum Gasteiger partial charge on any atom is -0.493 e. The number of nitrogens with one attached hydrogen (secondary N) is 1. The zero-order chi connectivity index (χ0) is 15.6. The molecule has 6 heteroatoms. The average molecular weight is 325 g/mol. The monoisotopic (exact) mass is 325 g/mol. The van der Waals surface area contributed by atoms with Crippen molar-refractivity contribution in [2.75, 3.05) is 13.2 Å². The Hall–Kier alpha value is -1.11. The second-order valence-electron chi connectivity index (χ2n) is 6.25. The first-order valence-electron chi connectivity index (χ1n) is 7.97. The molecule has 1 saturated carbocycles. The summed E-state index contributed by atoms with van der Waals surface area (Å²) in [5.41, 5.74) is 0.964. The van der Waals surface area contributed by atoms with Crippen LogP contribution in [0.2, 0.25) is 0 Å². The largest absolute Gasteiger partial charge is 0.493 e. The molecule has 0 amide bonds. The lowest BCUT2D eigenvalue weighted by atomic mass is 9.87. The quantitative estimate of drug-likeness (QED) is 0.886. The molecule has 2 aliphatic rings. The molecule has 0 radical (unpaired) electrons. The van der Waals surface area contributed by atoms with E-state index in [1.165, 1.54) is 0 Å². The lowest BCUT2D eigenvalue weighted by molar-refractivity contribution is 0.177. The average Bonchev–Trinajstić information content (AvgIpc) is 2.54. The van der Waals surface area contributed by atoms with Crippen molar-refractivity contribution in [1.82, 2.24) is 4.72 Å². The van der Waals surface area contributed by atoms with Crippen molar-refractivity contribution < 1.29 is 18.3 Å². The van der Waals surface area contributed by atoms with Crippen LogP contribution in [0.4, 0.5) is 0 Å². The molecular weight excluding hydrogens is 302 g/mol. The first-order chi connectivity index (χ1) is 10.6. The van der Waals surface area contributed by atoms with Crippen molar-refractivity contribution in [2.24, 2.45) is 5.92 Å². The molecule has 1 fully saturated rings. The zero-order valence-electron chi connectivity index (χ0n) is 12.6. The van der Waals surface area contributed by atoms with Gasteiger partial charge in [0.25, 0.3) is 0 Å². The van der Waals surface area contributed by atoms with E-state index in [2.05, 4.69) is 4.72 Å². The van der Waals surface area contributed by atoms with Crippen LogP contribution in [0.15, 0.2) is 23.1 Å². The number of benzene rings is 1. The maximum atomic E-state index is 12.6. The third kappa shape index (κ3) is 3.45. The Kier molecular flexibility index (Phi) is 4.70. The van der Waals surface area contributed by atoms with E-state index in [9.17, 15) is 13.5 Å². The zero-order valence-corrected chi connectivity index (χ0v) is 13.4. The van der Waals surface area contributed by atoms with Crippen LogP contribution in [0.3, 0.4) is 0 Å². The summed E-state index contributed by atoms with van der Waals surface area (Å²) in [5.74, 6) is 1.00. The van der Waals surface area contributed by atoms with E-state index >= 15 is 0 Å². The van der Waals surface area contributed by atoms with E-state index in [1.807, 2.05) is 0 Å². The number of aliphatic hydroxyl groups excluding tert-OH is 1. The Morgan fingerprint density at radius 3 is 2.95 bits per heavy atom. The third-order valence-corrected chi connectivity index (χ3v) is 6.07. The van der Waals surface area contributed by atoms with Crippen LogP contribution >= 0.6 is 0 Å². The standard InChI is InChI=1S/C16H23NO4S/c18-11-12-3-1-5-14(9-12)17-22(19,20)15-6-7-16-13(10-15)4-2-8-21-16/h6-7,10,12,14,17-18H,1-5,8-9,11H2. The normalized spacial score (nSPS) is 25.3. The van der Waals surface area contributed by atoms with Gasteiger partial charge in [-0.15, -0.1) is 0 Å². The molecule has 0 saturated heterocycles. The lowest BCUT2D eigenvalue weighted by Crippen LogP contribution is -2.39. The Balaban J connectivity index is 1.75. The van der Waals surface area contributed by atoms with Crippen LogP contribution in [0, 0.1) is 5.92 Å². The number of ether oxygens (including phenoxy) is 1. The highest BCUT2D eigenvalue weighted by Crippen LogP contribution is 2.29. The highest BCUT2D eigenvalue weighted by atomic mass is 32.2. The molecule has 2 atom stereocenters. The molecule has 0 bridgehead atoms. The molecule has 2 unspecified atom stereocenters. The van der Waals surface area contributed by atoms with Gasteiger partial charge in [0.1, 0.15) is 5.75 Å². The molecule has 1 aromatic carbocycles. The Morgan fingerprint density at radius 2 is 2.14 bits per heavy atom. The van der Waals surface area contributed by atoms with E-state index in [-0.39, 0.29) is 18.6 Å². The van der Waals surface area contributed by atoms with Crippen LogP contribution in [0.25, 0.3) is 0 Å². The van der Waals surface area contributed by atoms with E-state index in [0.717, 1.165) is 43.4 Å². The number of aryl methyl sites for hydroxylation is 1. The van der Waals surface area contributed by atoms with Crippen molar-refractivity contribution in [3.63, 3.8) is 0 Å². The summed E-state index contributed by atoms with van der Waals surface area (Å²) in [6, 6.07) is 5.01. The van der Waals surface area contributed by atoms with Crippen LogP contribution in [0.5, 0.6) is 5.75 Å². The number of hydrogen-bond donors (Lipinski definition) is 2. The fourth-order valence-electron chi connectivity index (χ4n) is 3.36. The fraction of sp³-hybridized carbons (Fsp3) is 0.625. The molecular formula is C16H23NO4S. The molecule has 1 aromatic rings. The van der Waals surface area contributed by atoms with Gasteiger partial charge in [-0.1, -0.05) is 6.42 Å². The number of aliphatic hydroxyl groups is 1. The summed E-state index contributed by atoms with van der Waals surface area (Å²) in [4.78, 5) is 0.308. The smallest absolute Gasteiger partial charge is 0.240 e. The van der Waals surface area contributed by atoms with Crippen LogP contribution in [0.1, 0.15) is 37.7 Å². The predicted molar refractivity (Wildman–Crippen MR) is 83.4 cm³/mol. The number of rotatable bonds is 4. The molecule has 1 aliphatic heterocycles. The maximum Gasteiger partial charge on any atom is 0.240 e. The number of hydrogen-bond acceptors (Lipinski definition) is 4. The highest BCUT2D eigenvalue weighted by molar-refractivity contribution is 7.89. The Morgan fingerprint density at radius 1 is 1.27 bits per heavy atom. The topological polar surface area (TPSA) is 75.6 Å². The van der Waals surface area contributed by atoms with Crippen LogP contribution in [-0.4, -0.2) is 32.8 Å². The summed E-state index contributed by atoms with van der Waals surface area (Å²) in [6.07, 6.45) is 5.26. The molecule has 22 heavy (non-hydrogen) atoms. The van der Waals surface area contributed by atoms with E-state index in [1.54, 1.807) is 18.2 Å². The molecule has 0 spiro atoms. The summed E-state index contributed by atoms with van der Waals surface area (Å²) in [6.45, 7) is 0.830. The van der Waals surface area contributed by atoms with Crippen LogP contribution < -0.4 is 9.46 Å². The number of fused-ring (bicyclic) bond motifs is 1. The van der Waals surface area contributed by atoms with Gasteiger partial charge in [0.15, 0.2) is 0 Å². The molecule has 3 rings (SSSR count). The summed E-state index contributed by atoms with van der Waals surface area (Å²) in [5, 5.41) is 9.27. The van der Waals surface area contributed by atoms with Gasteiger partial charge in [-0.05, 0) is 61.8 Å². The SMILES string of the molecule is O=S(=O)(NC1CCCC(CO)C1)c1ccc2c(c1)CCCO2. The van der Waals surface area contributed by atoms with E-state index < -0.39 is 10.0 Å². The summed E-state index contributed by atoms with van der Waals surface area (Å²) < 4.78 is 33.5. The second-order valence-corrected chi connectivity index (χ2v) is 7.97. The number of sulfonamides is 1. The molecule has 122 valence electrons. The molecule has 2 N–H and O–H groups in total. The second kappa shape index (κ2) is 6.56. The van der Waals surface area contributed by atoms with Crippen LogP contribution in [-0.2, 0) is 16.4 Å². The van der Waals surface area contributed by atoms with Crippen molar-refractivity contribution in [1.29, 1.82) is 0 Å². The van der Waals surface area contributed by atoms with Crippen molar-refractivity contribution in [3.8, 4) is 5.75 Å². The van der Waals surface area contributed by atoms with Gasteiger partial charge in [-0.2, -0.15) is 0 Å². The molecule has 1 aliphatic carbocycles. The predicted octanol–water partition coefficient (Wildman–Crippen LogP) is 1.84. The minimum absolute atomic E-state index is 0.0804. The molecule has 0 aromatic heterocycles. The van der Waals surface area contributed by atoms with Gasteiger partial charge < -0.3 is 9.84 Å². The van der Waals surface area contributed by atoms with Gasteiger partial charge in [0, 0.05) is 12.6 Å². The van der Waals surface area contributed by atoms with Crippen molar-refractivity contribution >= 4 is 10.0 Å².